The highest BCUT2D eigenvalue weighted by Crippen LogP contribution is 2.24. The Morgan fingerprint density at radius 3 is 2.65 bits per heavy atom. The van der Waals surface area contributed by atoms with E-state index < -0.39 is 16.2 Å². The molecule has 2 aromatic heterocycles. The molecule has 10 nitrogen and oxygen atoms in total. The van der Waals surface area contributed by atoms with Gasteiger partial charge in [-0.05, 0) is 13.0 Å². The van der Waals surface area contributed by atoms with Gasteiger partial charge in [-0.2, -0.15) is 0 Å². The number of aromatic nitrogens is 4. The highest BCUT2D eigenvalue weighted by Gasteiger charge is 2.15. The van der Waals surface area contributed by atoms with Crippen LogP contribution in [0.3, 0.4) is 0 Å². The third-order valence-electron chi connectivity index (χ3n) is 4.39. The van der Waals surface area contributed by atoms with Crippen molar-refractivity contribution >= 4 is 22.5 Å². The molecule has 0 aliphatic rings. The second-order valence-corrected chi connectivity index (χ2v) is 5.95. The van der Waals surface area contributed by atoms with Crippen molar-refractivity contribution in [3.05, 3.63) is 61.0 Å². The molecular weight excluding hydrogens is 340 g/mol. The van der Waals surface area contributed by atoms with Crippen LogP contribution in [0.5, 0.6) is 0 Å². The zero-order valence-corrected chi connectivity index (χ0v) is 14.6. The average molecular weight is 358 g/mol. The molecule has 136 valence electrons. The SMILES string of the molecule is Cc1c(NCCn2cnc3c2c(=O)n(C)c(=O)n3C)cccc1[N+](=O)[O-]. The van der Waals surface area contributed by atoms with Crippen LogP contribution < -0.4 is 16.6 Å². The second-order valence-electron chi connectivity index (χ2n) is 5.95. The molecule has 0 saturated heterocycles. The van der Waals surface area contributed by atoms with Crippen LogP contribution in [0.1, 0.15) is 5.56 Å². The predicted octanol–water partition coefficient (Wildman–Crippen LogP) is 0.762. The Hall–Kier alpha value is -3.43. The first-order chi connectivity index (χ1) is 12.3. The number of imidazole rings is 1. The average Bonchev–Trinajstić information content (AvgIpc) is 3.03. The maximum Gasteiger partial charge on any atom is 0.332 e. The Morgan fingerprint density at radius 1 is 1.23 bits per heavy atom. The number of benzene rings is 1. The van der Waals surface area contributed by atoms with Crippen molar-refractivity contribution in [1.82, 2.24) is 18.7 Å². The molecule has 0 amide bonds. The van der Waals surface area contributed by atoms with Crippen molar-refractivity contribution < 1.29 is 4.92 Å². The Labute approximate surface area is 147 Å². The summed E-state index contributed by atoms with van der Waals surface area (Å²) in [6.07, 6.45) is 1.51. The molecule has 0 bridgehead atoms. The molecule has 1 N–H and O–H groups in total. The number of fused-ring (bicyclic) bond motifs is 1. The summed E-state index contributed by atoms with van der Waals surface area (Å²) in [6.45, 7) is 2.52. The van der Waals surface area contributed by atoms with E-state index >= 15 is 0 Å². The number of hydrogen-bond donors (Lipinski definition) is 1. The predicted molar refractivity (Wildman–Crippen MR) is 96.5 cm³/mol. The lowest BCUT2D eigenvalue weighted by Crippen LogP contribution is -2.37. The van der Waals surface area contributed by atoms with Gasteiger partial charge in [0.05, 0.1) is 11.3 Å². The first-order valence-electron chi connectivity index (χ1n) is 7.91. The minimum absolute atomic E-state index is 0.0481. The molecule has 10 heteroatoms. The molecule has 0 radical (unpaired) electrons. The minimum atomic E-state index is -0.432. The lowest BCUT2D eigenvalue weighted by molar-refractivity contribution is -0.385. The van der Waals surface area contributed by atoms with Crippen molar-refractivity contribution in [2.75, 3.05) is 11.9 Å². The highest BCUT2D eigenvalue weighted by molar-refractivity contribution is 5.70. The van der Waals surface area contributed by atoms with Gasteiger partial charge in [-0.3, -0.25) is 24.0 Å². The summed E-state index contributed by atoms with van der Waals surface area (Å²) in [4.78, 5) is 39.1. The van der Waals surface area contributed by atoms with Crippen LogP contribution in [0.4, 0.5) is 11.4 Å². The smallest absolute Gasteiger partial charge is 0.332 e. The van der Waals surface area contributed by atoms with Crippen LogP contribution in [0.15, 0.2) is 34.1 Å². The fourth-order valence-electron chi connectivity index (χ4n) is 2.89. The summed E-state index contributed by atoms with van der Waals surface area (Å²) >= 11 is 0. The summed E-state index contributed by atoms with van der Waals surface area (Å²) in [5.74, 6) is 0. The van der Waals surface area contributed by atoms with Gasteiger partial charge in [0.2, 0.25) is 0 Å². The number of aryl methyl sites for hydroxylation is 1. The zero-order chi connectivity index (χ0) is 19.0. The monoisotopic (exact) mass is 358 g/mol. The van der Waals surface area contributed by atoms with Gasteiger partial charge in [-0.1, -0.05) is 6.07 Å². The van der Waals surface area contributed by atoms with Crippen LogP contribution in [0.25, 0.3) is 11.2 Å². The van der Waals surface area contributed by atoms with E-state index in [0.717, 1.165) is 4.57 Å². The van der Waals surface area contributed by atoms with Crippen LogP contribution in [-0.4, -0.2) is 30.2 Å². The Balaban J connectivity index is 1.86. The van der Waals surface area contributed by atoms with Crippen molar-refractivity contribution in [2.45, 2.75) is 13.5 Å². The van der Waals surface area contributed by atoms with Gasteiger partial charge in [0, 0.05) is 44.5 Å². The molecule has 0 spiro atoms. The van der Waals surface area contributed by atoms with Crippen LogP contribution >= 0.6 is 0 Å². The number of anilines is 1. The molecule has 0 fully saturated rings. The number of nitrogens with one attached hydrogen (secondary N) is 1. The first-order valence-corrected chi connectivity index (χ1v) is 7.91. The number of nitrogens with zero attached hydrogens (tertiary/aromatic N) is 5. The molecule has 0 aliphatic carbocycles. The van der Waals surface area contributed by atoms with Crippen molar-refractivity contribution in [3.63, 3.8) is 0 Å². The van der Waals surface area contributed by atoms with Gasteiger partial charge < -0.3 is 9.88 Å². The summed E-state index contributed by atoms with van der Waals surface area (Å²) < 4.78 is 4.03. The lowest BCUT2D eigenvalue weighted by Gasteiger charge is -2.11. The molecule has 0 atom stereocenters. The lowest BCUT2D eigenvalue weighted by atomic mass is 10.1. The fraction of sp³-hybridized carbons (Fsp3) is 0.312. The first kappa shape index (κ1) is 17.4. The quantitative estimate of drug-likeness (QED) is 0.532. The molecule has 0 unspecified atom stereocenters. The summed E-state index contributed by atoms with van der Waals surface area (Å²) in [5.41, 5.74) is 1.07. The van der Waals surface area contributed by atoms with Gasteiger partial charge in [0.1, 0.15) is 0 Å². The van der Waals surface area contributed by atoms with Crippen molar-refractivity contribution in [2.24, 2.45) is 14.1 Å². The van der Waals surface area contributed by atoms with E-state index in [0.29, 0.717) is 35.5 Å². The van der Waals surface area contributed by atoms with E-state index in [-0.39, 0.29) is 5.69 Å². The Morgan fingerprint density at radius 2 is 1.96 bits per heavy atom. The molecule has 2 heterocycles. The minimum Gasteiger partial charge on any atom is -0.383 e. The van der Waals surface area contributed by atoms with Gasteiger partial charge in [-0.15, -0.1) is 0 Å². The number of nitro groups is 1. The maximum absolute atomic E-state index is 12.4. The second kappa shape index (κ2) is 6.47. The largest absolute Gasteiger partial charge is 0.383 e. The maximum atomic E-state index is 12.4. The van der Waals surface area contributed by atoms with E-state index in [1.165, 1.54) is 24.0 Å². The van der Waals surface area contributed by atoms with Crippen molar-refractivity contribution in [1.29, 1.82) is 0 Å². The van der Waals surface area contributed by atoms with Crippen LogP contribution in [0.2, 0.25) is 0 Å². The highest BCUT2D eigenvalue weighted by atomic mass is 16.6. The van der Waals surface area contributed by atoms with Crippen molar-refractivity contribution in [3.8, 4) is 0 Å². The van der Waals surface area contributed by atoms with Crippen LogP contribution in [0, 0.1) is 17.0 Å². The number of rotatable bonds is 5. The van der Waals surface area contributed by atoms with Gasteiger partial charge in [0.15, 0.2) is 11.2 Å². The number of nitro benzene ring substituents is 1. The molecule has 3 aromatic rings. The van der Waals surface area contributed by atoms with Crippen LogP contribution in [-0.2, 0) is 20.6 Å². The molecule has 1 aromatic carbocycles. The third kappa shape index (κ3) is 2.75. The molecule has 0 saturated carbocycles. The molecule has 0 aliphatic heterocycles. The van der Waals surface area contributed by atoms with E-state index in [9.17, 15) is 19.7 Å². The molecular formula is C16H18N6O4. The normalized spacial score (nSPS) is 11.0. The van der Waals surface area contributed by atoms with Gasteiger partial charge >= 0.3 is 5.69 Å². The number of hydrogen-bond acceptors (Lipinski definition) is 6. The van der Waals surface area contributed by atoms with Gasteiger partial charge in [-0.25, -0.2) is 9.78 Å². The van der Waals surface area contributed by atoms with E-state index in [4.69, 9.17) is 0 Å². The van der Waals surface area contributed by atoms with E-state index in [1.807, 2.05) is 0 Å². The standard InChI is InChI=1S/C16H18N6O4/c1-10-11(5-4-6-12(10)22(25)26)17-7-8-21-9-18-14-13(21)15(23)20(3)16(24)19(14)2/h4-6,9,17H,7-8H2,1-3H3. The summed E-state index contributed by atoms with van der Waals surface area (Å²) in [5, 5.41) is 14.2. The zero-order valence-electron chi connectivity index (χ0n) is 14.6. The Kier molecular flexibility index (Phi) is 4.33. The molecule has 26 heavy (non-hydrogen) atoms. The van der Waals surface area contributed by atoms with E-state index in [1.54, 1.807) is 30.7 Å². The fourth-order valence-corrected chi connectivity index (χ4v) is 2.89. The summed E-state index contributed by atoms with van der Waals surface area (Å²) in [6, 6.07) is 4.83. The molecule has 3 rings (SSSR count). The Bertz CT molecular complexity index is 1120. The van der Waals surface area contributed by atoms with Gasteiger partial charge in [0.25, 0.3) is 11.2 Å². The topological polar surface area (TPSA) is 117 Å². The van der Waals surface area contributed by atoms with E-state index in [2.05, 4.69) is 10.3 Å². The third-order valence-corrected chi connectivity index (χ3v) is 4.39. The summed E-state index contributed by atoms with van der Waals surface area (Å²) in [7, 11) is 2.98.